The SMILES string of the molecule is COc1cc(CNC(=O)C(Cc2ccccc2)N=C(N)NC(=O)Cc2ccc(OC)c(OC)c2)cc(OC)c1. The van der Waals surface area contributed by atoms with Crippen molar-refractivity contribution >= 4 is 17.8 Å². The van der Waals surface area contributed by atoms with Crippen LogP contribution in [-0.2, 0) is 29.0 Å². The van der Waals surface area contributed by atoms with Crippen molar-refractivity contribution < 1.29 is 28.5 Å². The maximum atomic E-state index is 13.2. The fourth-order valence-corrected chi connectivity index (χ4v) is 3.87. The van der Waals surface area contributed by atoms with Gasteiger partial charge < -0.3 is 30.0 Å². The standard InChI is InChI=1S/C29H34N4O6/c1-36-22-12-21(13-23(17-22)37-2)18-31-28(35)24(14-19-8-6-5-7-9-19)32-29(30)33-27(34)16-20-10-11-25(38-3)26(15-20)39-4/h5-13,15,17,24H,14,16,18H2,1-4H3,(H,31,35)(H3,30,32,33,34). The monoisotopic (exact) mass is 534 g/mol. The van der Waals surface area contributed by atoms with Crippen LogP contribution in [0.2, 0.25) is 0 Å². The molecule has 0 heterocycles. The van der Waals surface area contributed by atoms with Gasteiger partial charge in [0.15, 0.2) is 17.5 Å². The molecule has 2 amide bonds. The molecule has 3 aromatic rings. The zero-order chi connectivity index (χ0) is 28.2. The normalized spacial score (nSPS) is 11.7. The number of hydrogen-bond donors (Lipinski definition) is 3. The number of benzene rings is 3. The lowest BCUT2D eigenvalue weighted by molar-refractivity contribution is -0.122. The second kappa shape index (κ2) is 14.3. The van der Waals surface area contributed by atoms with Gasteiger partial charge in [-0.05, 0) is 41.0 Å². The van der Waals surface area contributed by atoms with Crippen LogP contribution in [0, 0.1) is 0 Å². The molecule has 4 N–H and O–H groups in total. The van der Waals surface area contributed by atoms with E-state index in [2.05, 4.69) is 15.6 Å². The summed E-state index contributed by atoms with van der Waals surface area (Å²) in [4.78, 5) is 30.2. The lowest BCUT2D eigenvalue weighted by atomic mass is 10.1. The van der Waals surface area contributed by atoms with Crippen molar-refractivity contribution in [3.63, 3.8) is 0 Å². The molecule has 3 aromatic carbocycles. The molecule has 0 aromatic heterocycles. The van der Waals surface area contributed by atoms with Crippen molar-refractivity contribution in [2.45, 2.75) is 25.4 Å². The minimum Gasteiger partial charge on any atom is -0.497 e. The maximum absolute atomic E-state index is 13.2. The van der Waals surface area contributed by atoms with Gasteiger partial charge in [0.25, 0.3) is 0 Å². The second-order valence-corrected chi connectivity index (χ2v) is 8.57. The summed E-state index contributed by atoms with van der Waals surface area (Å²) in [5, 5.41) is 5.47. The number of nitrogens with one attached hydrogen (secondary N) is 2. The molecule has 10 heteroatoms. The fourth-order valence-electron chi connectivity index (χ4n) is 3.87. The first-order valence-corrected chi connectivity index (χ1v) is 12.2. The number of rotatable bonds is 12. The number of aliphatic imine (C=N–C) groups is 1. The van der Waals surface area contributed by atoms with E-state index in [9.17, 15) is 9.59 Å². The van der Waals surface area contributed by atoms with E-state index in [0.717, 1.165) is 11.1 Å². The Hall–Kier alpha value is -4.73. The summed E-state index contributed by atoms with van der Waals surface area (Å²) in [7, 11) is 6.18. The summed E-state index contributed by atoms with van der Waals surface area (Å²) >= 11 is 0. The van der Waals surface area contributed by atoms with Crippen LogP contribution in [0.5, 0.6) is 23.0 Å². The third-order valence-corrected chi connectivity index (χ3v) is 5.83. The van der Waals surface area contributed by atoms with Crippen molar-refractivity contribution in [2.24, 2.45) is 10.7 Å². The van der Waals surface area contributed by atoms with E-state index in [0.29, 0.717) is 35.0 Å². The predicted molar refractivity (Wildman–Crippen MR) is 148 cm³/mol. The average molecular weight is 535 g/mol. The number of carbonyl (C=O) groups is 2. The molecule has 0 bridgehead atoms. The van der Waals surface area contributed by atoms with Crippen molar-refractivity contribution in [1.29, 1.82) is 0 Å². The van der Waals surface area contributed by atoms with Crippen LogP contribution in [0.25, 0.3) is 0 Å². The number of ether oxygens (including phenoxy) is 4. The van der Waals surface area contributed by atoms with Gasteiger partial charge >= 0.3 is 0 Å². The molecular formula is C29H34N4O6. The van der Waals surface area contributed by atoms with Crippen LogP contribution in [0.1, 0.15) is 16.7 Å². The van der Waals surface area contributed by atoms with Gasteiger partial charge in [0.1, 0.15) is 17.5 Å². The Morgan fingerprint density at radius 3 is 2.08 bits per heavy atom. The van der Waals surface area contributed by atoms with Gasteiger partial charge in [0.2, 0.25) is 11.8 Å². The largest absolute Gasteiger partial charge is 0.497 e. The molecule has 0 spiro atoms. The summed E-state index contributed by atoms with van der Waals surface area (Å²) in [6.45, 7) is 0.221. The number of amides is 2. The summed E-state index contributed by atoms with van der Waals surface area (Å²) < 4.78 is 21.1. The molecule has 10 nitrogen and oxygen atoms in total. The van der Waals surface area contributed by atoms with E-state index in [1.807, 2.05) is 30.3 Å². The van der Waals surface area contributed by atoms with Gasteiger partial charge in [-0.3, -0.25) is 14.9 Å². The predicted octanol–water partition coefficient (Wildman–Crippen LogP) is 2.62. The Balaban J connectivity index is 1.72. The molecule has 0 aliphatic heterocycles. The highest BCUT2D eigenvalue weighted by molar-refractivity contribution is 5.98. The van der Waals surface area contributed by atoms with Crippen molar-refractivity contribution in [3.05, 3.63) is 83.4 Å². The Kier molecular flexibility index (Phi) is 10.6. The van der Waals surface area contributed by atoms with Crippen LogP contribution in [-0.4, -0.2) is 52.3 Å². The van der Waals surface area contributed by atoms with Gasteiger partial charge in [-0.2, -0.15) is 0 Å². The molecule has 0 saturated heterocycles. The van der Waals surface area contributed by atoms with Crippen molar-refractivity contribution in [3.8, 4) is 23.0 Å². The van der Waals surface area contributed by atoms with Crippen molar-refractivity contribution in [1.82, 2.24) is 10.6 Å². The Labute approximate surface area is 228 Å². The van der Waals surface area contributed by atoms with Gasteiger partial charge in [-0.15, -0.1) is 0 Å². The van der Waals surface area contributed by atoms with E-state index in [1.165, 1.54) is 14.2 Å². The first-order chi connectivity index (χ1) is 18.8. The number of carbonyl (C=O) groups excluding carboxylic acids is 2. The smallest absolute Gasteiger partial charge is 0.245 e. The van der Waals surface area contributed by atoms with E-state index in [1.54, 1.807) is 50.6 Å². The number of guanidine groups is 1. The van der Waals surface area contributed by atoms with Crippen LogP contribution in [0.15, 0.2) is 71.7 Å². The summed E-state index contributed by atoms with van der Waals surface area (Å²) in [5.74, 6) is 1.41. The topological polar surface area (TPSA) is 134 Å². The minimum absolute atomic E-state index is 0.0315. The minimum atomic E-state index is -0.874. The maximum Gasteiger partial charge on any atom is 0.245 e. The highest BCUT2D eigenvalue weighted by Crippen LogP contribution is 2.27. The molecule has 3 rings (SSSR count). The third kappa shape index (κ3) is 8.67. The number of hydrogen-bond acceptors (Lipinski definition) is 7. The van der Waals surface area contributed by atoms with Gasteiger partial charge in [0, 0.05) is 19.0 Å². The van der Waals surface area contributed by atoms with Crippen LogP contribution in [0.3, 0.4) is 0 Å². The van der Waals surface area contributed by atoms with E-state index < -0.39 is 6.04 Å². The van der Waals surface area contributed by atoms with Crippen LogP contribution in [0.4, 0.5) is 0 Å². The molecule has 1 unspecified atom stereocenters. The fraction of sp³-hybridized carbons (Fsp3) is 0.276. The third-order valence-electron chi connectivity index (χ3n) is 5.83. The van der Waals surface area contributed by atoms with Crippen molar-refractivity contribution in [2.75, 3.05) is 28.4 Å². The number of nitrogens with zero attached hydrogens (tertiary/aromatic N) is 1. The molecule has 0 saturated carbocycles. The zero-order valence-corrected chi connectivity index (χ0v) is 22.5. The van der Waals surface area contributed by atoms with Gasteiger partial charge in [0.05, 0.1) is 34.9 Å². The highest BCUT2D eigenvalue weighted by Gasteiger charge is 2.20. The van der Waals surface area contributed by atoms with E-state index in [-0.39, 0.29) is 30.7 Å². The molecule has 0 fully saturated rings. The Bertz CT molecular complexity index is 1270. The lowest BCUT2D eigenvalue weighted by Crippen LogP contribution is -2.42. The highest BCUT2D eigenvalue weighted by atomic mass is 16.5. The van der Waals surface area contributed by atoms with Crippen LogP contribution < -0.4 is 35.3 Å². The second-order valence-electron chi connectivity index (χ2n) is 8.57. The zero-order valence-electron chi connectivity index (χ0n) is 22.5. The molecular weight excluding hydrogens is 500 g/mol. The van der Waals surface area contributed by atoms with Crippen LogP contribution >= 0.6 is 0 Å². The quantitative estimate of drug-likeness (QED) is 0.240. The first kappa shape index (κ1) is 28.8. The summed E-state index contributed by atoms with van der Waals surface area (Å²) in [5.41, 5.74) is 8.45. The van der Waals surface area contributed by atoms with E-state index >= 15 is 0 Å². The molecule has 1 atom stereocenters. The lowest BCUT2D eigenvalue weighted by Gasteiger charge is -2.16. The summed E-state index contributed by atoms with van der Waals surface area (Å²) in [6, 6.07) is 19.1. The van der Waals surface area contributed by atoms with Gasteiger partial charge in [-0.25, -0.2) is 4.99 Å². The summed E-state index contributed by atoms with van der Waals surface area (Å²) in [6.07, 6.45) is 0.324. The number of nitrogens with two attached hydrogens (primary N) is 1. The molecule has 0 aliphatic carbocycles. The molecule has 0 aliphatic rings. The molecule has 39 heavy (non-hydrogen) atoms. The first-order valence-electron chi connectivity index (χ1n) is 12.2. The van der Waals surface area contributed by atoms with E-state index in [4.69, 9.17) is 24.7 Å². The average Bonchev–Trinajstić information content (AvgIpc) is 2.95. The van der Waals surface area contributed by atoms with Gasteiger partial charge in [-0.1, -0.05) is 36.4 Å². The molecule has 0 radical (unpaired) electrons. The Morgan fingerprint density at radius 1 is 0.795 bits per heavy atom. The Morgan fingerprint density at radius 2 is 1.46 bits per heavy atom. The number of methoxy groups -OCH3 is 4. The molecule has 206 valence electrons.